The summed E-state index contributed by atoms with van der Waals surface area (Å²) in [6.07, 6.45) is -11.2. The summed E-state index contributed by atoms with van der Waals surface area (Å²) in [6.45, 7) is 0. The van der Waals surface area contributed by atoms with Crippen LogP contribution >= 0.6 is 0 Å². The van der Waals surface area contributed by atoms with Gasteiger partial charge in [-0.05, 0) is 23.3 Å². The van der Waals surface area contributed by atoms with Crippen molar-refractivity contribution in [3.8, 4) is 0 Å². The molecule has 0 radical (unpaired) electrons. The van der Waals surface area contributed by atoms with Crippen LogP contribution in [0.2, 0.25) is 0 Å². The molecule has 0 saturated heterocycles. The molecule has 9 heteroatoms. The first-order chi connectivity index (χ1) is 11.3. The first-order valence-electron chi connectivity index (χ1n) is 6.72. The van der Waals surface area contributed by atoms with Crippen LogP contribution in [0.25, 0.3) is 0 Å². The Hall–Kier alpha value is -2.16. The van der Waals surface area contributed by atoms with E-state index in [0.29, 0.717) is 18.2 Å². The van der Waals surface area contributed by atoms with Gasteiger partial charge < -0.3 is 5.11 Å². The largest absolute Gasteiger partial charge is 0.457 e. The van der Waals surface area contributed by atoms with Crippen LogP contribution in [0.5, 0.6) is 0 Å². The van der Waals surface area contributed by atoms with E-state index in [9.17, 15) is 40.2 Å². The molecule has 0 spiro atoms. The van der Waals surface area contributed by atoms with E-state index in [1.807, 2.05) is 0 Å². The molecule has 2 rings (SSSR count). The Labute approximate surface area is 136 Å². The van der Waals surface area contributed by atoms with Crippen molar-refractivity contribution in [2.24, 2.45) is 0 Å². The van der Waals surface area contributed by atoms with Crippen LogP contribution in [-0.2, 0) is 11.8 Å². The Balaban J connectivity index is 2.78. The highest BCUT2D eigenvalue weighted by Gasteiger charge is 2.71. The first kappa shape index (κ1) is 19.2. The summed E-state index contributed by atoms with van der Waals surface area (Å²) in [5, 5.41) is 10.4. The van der Waals surface area contributed by atoms with Crippen molar-refractivity contribution in [3.63, 3.8) is 0 Å². The number of benzene rings is 2. The Morgan fingerprint density at radius 3 is 1.56 bits per heavy atom. The van der Waals surface area contributed by atoms with Crippen molar-refractivity contribution in [2.75, 3.05) is 0 Å². The van der Waals surface area contributed by atoms with Gasteiger partial charge in [0, 0.05) is 0 Å². The minimum atomic E-state index is -6.20. The zero-order chi connectivity index (χ0) is 19.1. The summed E-state index contributed by atoms with van der Waals surface area (Å²) in [5.74, 6) is -5.74. The standard InChI is InChI=1S/C16H10F8O/c17-14(18,19)12-8-4-7-11(9-12)13(25,10-5-2-1-3-6-10)15(20,21)16(22,23)24/h1-9,25H. The van der Waals surface area contributed by atoms with Gasteiger partial charge in [0.15, 0.2) is 5.60 Å². The maximum Gasteiger partial charge on any atom is 0.457 e. The molecular formula is C16H10F8O. The van der Waals surface area contributed by atoms with Gasteiger partial charge in [0.25, 0.3) is 0 Å². The van der Waals surface area contributed by atoms with E-state index < -0.39 is 40.6 Å². The third-order valence-electron chi connectivity index (χ3n) is 3.61. The van der Waals surface area contributed by atoms with E-state index in [1.54, 1.807) is 0 Å². The Morgan fingerprint density at radius 1 is 0.600 bits per heavy atom. The highest BCUT2D eigenvalue weighted by atomic mass is 19.4. The van der Waals surface area contributed by atoms with E-state index in [0.717, 1.165) is 24.3 Å². The third kappa shape index (κ3) is 3.20. The summed E-state index contributed by atoms with van der Waals surface area (Å²) in [5.41, 5.74) is -7.61. The van der Waals surface area contributed by atoms with Crippen LogP contribution in [0.4, 0.5) is 35.1 Å². The monoisotopic (exact) mass is 370 g/mol. The molecule has 2 aromatic carbocycles. The smallest absolute Gasteiger partial charge is 0.374 e. The molecule has 25 heavy (non-hydrogen) atoms. The van der Waals surface area contributed by atoms with Gasteiger partial charge in [0.05, 0.1) is 5.56 Å². The van der Waals surface area contributed by atoms with Crippen LogP contribution in [0.15, 0.2) is 54.6 Å². The predicted octanol–water partition coefficient (Wildman–Crippen LogP) is 5.14. The molecular weight excluding hydrogens is 360 g/mol. The van der Waals surface area contributed by atoms with Gasteiger partial charge in [-0.2, -0.15) is 35.1 Å². The average molecular weight is 370 g/mol. The average Bonchev–Trinajstić information content (AvgIpc) is 2.53. The molecule has 0 heterocycles. The molecule has 0 amide bonds. The van der Waals surface area contributed by atoms with Crippen LogP contribution in [-0.4, -0.2) is 17.2 Å². The normalized spacial score (nSPS) is 15.7. The van der Waals surface area contributed by atoms with Gasteiger partial charge in [0.2, 0.25) is 0 Å². The number of rotatable bonds is 3. The highest BCUT2D eigenvalue weighted by Crippen LogP contribution is 2.52. The summed E-state index contributed by atoms with van der Waals surface area (Å²) >= 11 is 0. The SMILES string of the molecule is OC(c1ccccc1)(c1cccc(C(F)(F)F)c1)C(F)(F)C(F)(F)F. The molecule has 0 aliphatic rings. The van der Waals surface area contributed by atoms with Crippen molar-refractivity contribution >= 4 is 0 Å². The van der Waals surface area contributed by atoms with Gasteiger partial charge in [-0.25, -0.2) is 0 Å². The van der Waals surface area contributed by atoms with Gasteiger partial charge in [-0.15, -0.1) is 0 Å². The minimum Gasteiger partial charge on any atom is -0.374 e. The molecule has 0 aromatic heterocycles. The summed E-state index contributed by atoms with van der Waals surface area (Å²) in [6, 6.07) is 6.83. The molecule has 0 aliphatic heterocycles. The zero-order valence-corrected chi connectivity index (χ0v) is 12.2. The molecule has 0 aliphatic carbocycles. The van der Waals surface area contributed by atoms with Gasteiger partial charge >= 0.3 is 18.3 Å². The maximum atomic E-state index is 14.1. The minimum absolute atomic E-state index is 0.0760. The lowest BCUT2D eigenvalue weighted by Gasteiger charge is -2.37. The number of aliphatic hydroxyl groups is 1. The number of hydrogen-bond acceptors (Lipinski definition) is 1. The van der Waals surface area contributed by atoms with Crippen molar-refractivity contribution in [3.05, 3.63) is 71.3 Å². The molecule has 0 saturated carbocycles. The topological polar surface area (TPSA) is 20.2 Å². The Morgan fingerprint density at radius 2 is 1.08 bits per heavy atom. The fourth-order valence-corrected chi connectivity index (χ4v) is 2.33. The maximum absolute atomic E-state index is 14.1. The second-order valence-electron chi connectivity index (χ2n) is 5.23. The quantitative estimate of drug-likeness (QED) is 0.742. The van der Waals surface area contributed by atoms with Crippen LogP contribution in [0.1, 0.15) is 16.7 Å². The third-order valence-corrected chi connectivity index (χ3v) is 3.61. The van der Waals surface area contributed by atoms with Gasteiger partial charge in [-0.1, -0.05) is 42.5 Å². The highest BCUT2D eigenvalue weighted by molar-refractivity contribution is 5.41. The summed E-state index contributed by atoms with van der Waals surface area (Å²) < 4.78 is 105. The second kappa shape index (κ2) is 5.98. The van der Waals surface area contributed by atoms with E-state index >= 15 is 0 Å². The van der Waals surface area contributed by atoms with Crippen LogP contribution in [0.3, 0.4) is 0 Å². The van der Waals surface area contributed by atoms with Crippen molar-refractivity contribution < 1.29 is 40.2 Å². The molecule has 1 N–H and O–H groups in total. The van der Waals surface area contributed by atoms with Gasteiger partial charge in [0.1, 0.15) is 0 Å². The van der Waals surface area contributed by atoms with E-state index in [2.05, 4.69) is 0 Å². The Bertz CT molecular complexity index is 736. The number of hydrogen-bond donors (Lipinski definition) is 1. The molecule has 0 fully saturated rings. The Kier molecular flexibility index (Phi) is 4.58. The lowest BCUT2D eigenvalue weighted by molar-refractivity contribution is -0.336. The van der Waals surface area contributed by atoms with Crippen molar-refractivity contribution in [2.45, 2.75) is 23.9 Å². The first-order valence-corrected chi connectivity index (χ1v) is 6.72. The summed E-state index contributed by atoms with van der Waals surface area (Å²) in [7, 11) is 0. The molecule has 1 nitrogen and oxygen atoms in total. The lowest BCUT2D eigenvalue weighted by atomic mass is 9.80. The fraction of sp³-hybridized carbons (Fsp3) is 0.250. The predicted molar refractivity (Wildman–Crippen MR) is 71.9 cm³/mol. The van der Waals surface area contributed by atoms with Crippen molar-refractivity contribution in [1.29, 1.82) is 0 Å². The molecule has 2 aromatic rings. The molecule has 0 bridgehead atoms. The fourth-order valence-electron chi connectivity index (χ4n) is 2.33. The van der Waals surface area contributed by atoms with E-state index in [1.165, 1.54) is 6.07 Å². The van der Waals surface area contributed by atoms with Crippen molar-refractivity contribution in [1.82, 2.24) is 0 Å². The van der Waals surface area contributed by atoms with Crippen LogP contribution < -0.4 is 0 Å². The van der Waals surface area contributed by atoms with Crippen LogP contribution in [0, 0.1) is 0 Å². The molecule has 136 valence electrons. The van der Waals surface area contributed by atoms with E-state index in [4.69, 9.17) is 0 Å². The number of alkyl halides is 8. The molecule has 1 atom stereocenters. The second-order valence-corrected chi connectivity index (χ2v) is 5.23. The van der Waals surface area contributed by atoms with E-state index in [-0.39, 0.29) is 6.07 Å². The zero-order valence-electron chi connectivity index (χ0n) is 12.2. The lowest BCUT2D eigenvalue weighted by Crippen LogP contribution is -2.55. The summed E-state index contributed by atoms with van der Waals surface area (Å²) in [4.78, 5) is 0. The number of halogens is 8. The van der Waals surface area contributed by atoms with Gasteiger partial charge in [-0.3, -0.25) is 0 Å². The molecule has 1 unspecified atom stereocenters.